The van der Waals surface area contributed by atoms with Gasteiger partial charge in [-0.25, -0.2) is 4.79 Å². The number of aromatic nitrogens is 2. The van der Waals surface area contributed by atoms with Crippen molar-refractivity contribution in [3.8, 4) is 0 Å². The van der Waals surface area contributed by atoms with Crippen LogP contribution in [0.4, 0.5) is 0 Å². The third-order valence-corrected chi connectivity index (χ3v) is 4.68. The first kappa shape index (κ1) is 16.2. The maximum atomic E-state index is 11.0. The average molecular weight is 380 g/mol. The Morgan fingerprint density at radius 1 is 1.52 bits per heavy atom. The normalized spacial score (nSPS) is 19.0. The van der Waals surface area contributed by atoms with Crippen molar-refractivity contribution >= 4 is 21.9 Å². The number of rotatable bonds is 4. The van der Waals surface area contributed by atoms with E-state index in [0.717, 1.165) is 35.2 Å². The lowest BCUT2D eigenvalue weighted by Gasteiger charge is -2.32. The molecule has 1 aromatic heterocycles. The molecule has 23 heavy (non-hydrogen) atoms. The van der Waals surface area contributed by atoms with Crippen LogP contribution in [0.5, 0.6) is 0 Å². The Morgan fingerprint density at radius 3 is 3.00 bits per heavy atom. The summed E-state index contributed by atoms with van der Waals surface area (Å²) in [6.45, 7) is 3.06. The molecule has 122 valence electrons. The van der Waals surface area contributed by atoms with Crippen LogP contribution in [0.2, 0.25) is 0 Å². The molecular formula is C16H18BrN3O3. The molecule has 1 aliphatic heterocycles. The number of carboxylic acid groups (broad SMARTS) is 1. The second-order valence-electron chi connectivity index (χ2n) is 5.65. The predicted octanol–water partition coefficient (Wildman–Crippen LogP) is 2.45. The van der Waals surface area contributed by atoms with Crippen molar-refractivity contribution in [1.82, 2.24) is 14.7 Å². The van der Waals surface area contributed by atoms with E-state index in [9.17, 15) is 4.79 Å². The van der Waals surface area contributed by atoms with Crippen molar-refractivity contribution < 1.29 is 14.6 Å². The van der Waals surface area contributed by atoms with Gasteiger partial charge in [0.25, 0.3) is 0 Å². The Morgan fingerprint density at radius 2 is 2.35 bits per heavy atom. The minimum absolute atomic E-state index is 0.0227. The number of aromatic carboxylic acids is 1. The van der Waals surface area contributed by atoms with Gasteiger partial charge in [-0.1, -0.05) is 22.0 Å². The number of hydrogen-bond donors (Lipinski definition) is 1. The number of carboxylic acids is 1. The molecule has 0 saturated carbocycles. The van der Waals surface area contributed by atoms with E-state index >= 15 is 0 Å². The van der Waals surface area contributed by atoms with E-state index in [1.54, 1.807) is 16.8 Å². The maximum Gasteiger partial charge on any atom is 0.335 e. The first-order chi connectivity index (χ1) is 11.0. The van der Waals surface area contributed by atoms with Crippen LogP contribution in [0, 0.1) is 0 Å². The van der Waals surface area contributed by atoms with Crippen LogP contribution in [-0.2, 0) is 18.3 Å². The van der Waals surface area contributed by atoms with Gasteiger partial charge >= 0.3 is 5.97 Å². The molecule has 1 fully saturated rings. The van der Waals surface area contributed by atoms with E-state index in [2.05, 4.69) is 25.9 Å². The second-order valence-corrected chi connectivity index (χ2v) is 6.51. The fourth-order valence-electron chi connectivity index (χ4n) is 2.70. The molecule has 1 aliphatic rings. The van der Waals surface area contributed by atoms with Gasteiger partial charge in [0.05, 0.1) is 24.5 Å². The summed E-state index contributed by atoms with van der Waals surface area (Å²) in [7, 11) is 1.89. The molecule has 2 aromatic rings. The first-order valence-electron chi connectivity index (χ1n) is 7.37. The summed E-state index contributed by atoms with van der Waals surface area (Å²) >= 11 is 3.47. The van der Waals surface area contributed by atoms with Crippen LogP contribution < -0.4 is 0 Å². The molecule has 0 bridgehead atoms. The van der Waals surface area contributed by atoms with Crippen LogP contribution in [0.15, 0.2) is 35.1 Å². The first-order valence-corrected chi connectivity index (χ1v) is 8.16. The van der Waals surface area contributed by atoms with E-state index in [1.165, 1.54) is 0 Å². The summed E-state index contributed by atoms with van der Waals surface area (Å²) in [5.41, 5.74) is 2.44. The van der Waals surface area contributed by atoms with Gasteiger partial charge in [0.2, 0.25) is 0 Å². The van der Waals surface area contributed by atoms with Gasteiger partial charge in [0.1, 0.15) is 0 Å². The fourth-order valence-corrected chi connectivity index (χ4v) is 3.21. The highest BCUT2D eigenvalue weighted by Gasteiger charge is 2.23. The van der Waals surface area contributed by atoms with Gasteiger partial charge in [0.15, 0.2) is 0 Å². The molecule has 7 heteroatoms. The Bertz CT molecular complexity index is 716. The molecule has 0 aliphatic carbocycles. The van der Waals surface area contributed by atoms with E-state index in [-0.39, 0.29) is 11.7 Å². The summed E-state index contributed by atoms with van der Waals surface area (Å²) < 4.78 is 8.44. The number of aryl methyl sites for hydroxylation is 1. The zero-order chi connectivity index (χ0) is 16.4. The third kappa shape index (κ3) is 3.80. The predicted molar refractivity (Wildman–Crippen MR) is 88.3 cm³/mol. The minimum atomic E-state index is -0.916. The quantitative estimate of drug-likeness (QED) is 0.883. The summed E-state index contributed by atoms with van der Waals surface area (Å²) in [6, 6.07) is 5.15. The molecular weight excluding hydrogens is 362 g/mol. The molecule has 3 rings (SSSR count). The molecule has 1 aromatic carbocycles. The zero-order valence-electron chi connectivity index (χ0n) is 12.8. The Kier molecular flexibility index (Phi) is 4.79. The SMILES string of the molecule is Cn1cc(C2CN(Cc3ccc(C(=O)O)cc3Br)CCO2)cn1. The average Bonchev–Trinajstić information content (AvgIpc) is 2.96. The number of morpholine rings is 1. The summed E-state index contributed by atoms with van der Waals surface area (Å²) in [4.78, 5) is 13.3. The lowest BCUT2D eigenvalue weighted by atomic mass is 10.1. The molecule has 0 amide bonds. The highest BCUT2D eigenvalue weighted by atomic mass is 79.9. The van der Waals surface area contributed by atoms with Crippen molar-refractivity contribution in [3.63, 3.8) is 0 Å². The molecule has 2 heterocycles. The van der Waals surface area contributed by atoms with Crippen LogP contribution in [-0.4, -0.2) is 45.5 Å². The molecule has 1 saturated heterocycles. The van der Waals surface area contributed by atoms with Crippen LogP contribution in [0.25, 0.3) is 0 Å². The van der Waals surface area contributed by atoms with Gasteiger partial charge in [-0.3, -0.25) is 9.58 Å². The van der Waals surface area contributed by atoms with Gasteiger partial charge < -0.3 is 9.84 Å². The monoisotopic (exact) mass is 379 g/mol. The number of halogens is 1. The Balaban J connectivity index is 1.69. The highest BCUT2D eigenvalue weighted by Crippen LogP contribution is 2.25. The van der Waals surface area contributed by atoms with Gasteiger partial charge in [-0.05, 0) is 17.7 Å². The van der Waals surface area contributed by atoms with Crippen molar-refractivity contribution in [2.24, 2.45) is 7.05 Å². The summed E-state index contributed by atoms with van der Waals surface area (Å²) in [5.74, 6) is -0.916. The van der Waals surface area contributed by atoms with Crippen molar-refractivity contribution in [2.45, 2.75) is 12.6 Å². The molecule has 1 atom stereocenters. The number of hydrogen-bond acceptors (Lipinski definition) is 4. The second kappa shape index (κ2) is 6.82. The van der Waals surface area contributed by atoms with E-state index in [1.807, 2.05) is 25.5 Å². The van der Waals surface area contributed by atoms with Crippen molar-refractivity contribution in [1.29, 1.82) is 0 Å². The lowest BCUT2D eigenvalue weighted by Crippen LogP contribution is -2.37. The molecule has 0 radical (unpaired) electrons. The van der Waals surface area contributed by atoms with E-state index in [4.69, 9.17) is 9.84 Å². The summed E-state index contributed by atoms with van der Waals surface area (Å²) in [5, 5.41) is 13.2. The topological polar surface area (TPSA) is 67.6 Å². The number of carbonyl (C=O) groups is 1. The minimum Gasteiger partial charge on any atom is -0.478 e. The van der Waals surface area contributed by atoms with Crippen molar-refractivity contribution in [3.05, 3.63) is 51.8 Å². The summed E-state index contributed by atoms with van der Waals surface area (Å²) in [6.07, 6.45) is 3.84. The maximum absolute atomic E-state index is 11.0. The Labute approximate surface area is 142 Å². The van der Waals surface area contributed by atoms with Crippen molar-refractivity contribution in [2.75, 3.05) is 19.7 Å². The Hall–Kier alpha value is -1.70. The van der Waals surface area contributed by atoms with Gasteiger partial charge in [-0.2, -0.15) is 5.10 Å². The standard InChI is InChI=1S/C16H18BrN3O3/c1-19-8-13(7-18-19)15-10-20(4-5-23-15)9-12-3-2-11(16(21)22)6-14(12)17/h2-3,6-8,15H,4-5,9-10H2,1H3,(H,21,22). The van der Waals surface area contributed by atoms with Crippen LogP contribution >= 0.6 is 15.9 Å². The number of benzene rings is 1. The molecule has 1 unspecified atom stereocenters. The molecule has 0 spiro atoms. The molecule has 1 N–H and O–H groups in total. The smallest absolute Gasteiger partial charge is 0.335 e. The lowest BCUT2D eigenvalue weighted by molar-refractivity contribution is -0.0330. The highest BCUT2D eigenvalue weighted by molar-refractivity contribution is 9.10. The third-order valence-electron chi connectivity index (χ3n) is 3.94. The fraction of sp³-hybridized carbons (Fsp3) is 0.375. The zero-order valence-corrected chi connectivity index (χ0v) is 14.4. The van der Waals surface area contributed by atoms with Crippen LogP contribution in [0.3, 0.4) is 0 Å². The largest absolute Gasteiger partial charge is 0.478 e. The molecule has 6 nitrogen and oxygen atoms in total. The number of nitrogens with zero attached hydrogens (tertiary/aromatic N) is 3. The van der Waals surface area contributed by atoms with E-state index < -0.39 is 5.97 Å². The van der Waals surface area contributed by atoms with Gasteiger partial charge in [-0.15, -0.1) is 0 Å². The van der Waals surface area contributed by atoms with E-state index in [0.29, 0.717) is 6.61 Å². The van der Waals surface area contributed by atoms with Gasteiger partial charge in [0, 0.05) is 42.9 Å². The number of ether oxygens (including phenoxy) is 1. The van der Waals surface area contributed by atoms with Crippen LogP contribution in [0.1, 0.15) is 27.6 Å².